The van der Waals surface area contributed by atoms with E-state index >= 15 is 0 Å². The molecule has 6 nitrogen and oxygen atoms in total. The van der Waals surface area contributed by atoms with E-state index in [-0.39, 0.29) is 17.6 Å². The van der Waals surface area contributed by atoms with Crippen LogP contribution in [0.4, 0.5) is 10.5 Å². The van der Waals surface area contributed by atoms with E-state index in [1.54, 1.807) is 24.3 Å². The second-order valence-corrected chi connectivity index (χ2v) is 5.01. The van der Waals surface area contributed by atoms with Crippen LogP contribution >= 0.6 is 11.8 Å². The molecular weight excluding hydrogens is 268 g/mol. The summed E-state index contributed by atoms with van der Waals surface area (Å²) in [6.07, 6.45) is -0.164. The number of hydrogen-bond donors (Lipinski definition) is 3. The van der Waals surface area contributed by atoms with Gasteiger partial charge in [-0.15, -0.1) is 0 Å². The van der Waals surface area contributed by atoms with Gasteiger partial charge in [0.2, 0.25) is 5.91 Å². The van der Waals surface area contributed by atoms with Crippen LogP contribution in [0.3, 0.4) is 0 Å². The quantitative estimate of drug-likeness (QED) is 0.767. The molecule has 1 aliphatic heterocycles. The van der Waals surface area contributed by atoms with Crippen molar-refractivity contribution >= 4 is 34.6 Å². The summed E-state index contributed by atoms with van der Waals surface area (Å²) in [6, 6.07) is 6.13. The van der Waals surface area contributed by atoms with Gasteiger partial charge in [-0.25, -0.2) is 0 Å². The maximum atomic E-state index is 11.9. The number of amides is 2. The molecule has 19 heavy (non-hydrogen) atoms. The van der Waals surface area contributed by atoms with Gasteiger partial charge in [0.15, 0.2) is 0 Å². The Morgan fingerprint density at radius 2 is 2.16 bits per heavy atom. The fraction of sp³-hybridized carbons (Fsp3) is 0.250. The monoisotopic (exact) mass is 280 g/mol. The number of benzene rings is 1. The van der Waals surface area contributed by atoms with Crippen molar-refractivity contribution < 1.29 is 19.5 Å². The standard InChI is InChI=1S/C12H12N2O4S/c15-10(16)5-7-3-1-2-4-8(7)13-11(17)9-6-19-12(18)14-9/h1-4,9H,5-6H2,(H,13,17)(H,14,18)(H,15,16). The zero-order valence-corrected chi connectivity index (χ0v) is 10.7. The van der Waals surface area contributed by atoms with Crippen LogP contribution in [0, 0.1) is 0 Å². The van der Waals surface area contributed by atoms with Crippen LogP contribution in [0.25, 0.3) is 0 Å². The summed E-state index contributed by atoms with van der Waals surface area (Å²) < 4.78 is 0. The molecule has 1 heterocycles. The van der Waals surface area contributed by atoms with Crippen molar-refractivity contribution in [2.24, 2.45) is 0 Å². The van der Waals surface area contributed by atoms with Gasteiger partial charge in [0.1, 0.15) is 6.04 Å². The first-order valence-corrected chi connectivity index (χ1v) is 6.58. The average Bonchev–Trinajstić information content (AvgIpc) is 2.78. The number of para-hydroxylation sites is 1. The van der Waals surface area contributed by atoms with Gasteiger partial charge in [0.05, 0.1) is 6.42 Å². The van der Waals surface area contributed by atoms with E-state index in [4.69, 9.17) is 5.11 Å². The molecule has 0 aliphatic carbocycles. The number of carbonyl (C=O) groups excluding carboxylic acids is 2. The van der Waals surface area contributed by atoms with Gasteiger partial charge in [0.25, 0.3) is 5.24 Å². The summed E-state index contributed by atoms with van der Waals surface area (Å²) in [6.45, 7) is 0. The van der Waals surface area contributed by atoms with Crippen molar-refractivity contribution in [1.82, 2.24) is 5.32 Å². The Morgan fingerprint density at radius 3 is 2.79 bits per heavy atom. The average molecular weight is 280 g/mol. The summed E-state index contributed by atoms with van der Waals surface area (Å²) in [5.74, 6) is -0.922. The smallest absolute Gasteiger partial charge is 0.307 e. The number of carboxylic acid groups (broad SMARTS) is 1. The fourth-order valence-electron chi connectivity index (χ4n) is 1.71. The normalized spacial score (nSPS) is 17.9. The number of aliphatic carboxylic acids is 1. The number of anilines is 1. The van der Waals surface area contributed by atoms with Gasteiger partial charge in [-0.05, 0) is 11.6 Å². The topological polar surface area (TPSA) is 95.5 Å². The molecule has 1 fully saturated rings. The lowest BCUT2D eigenvalue weighted by Crippen LogP contribution is -2.38. The highest BCUT2D eigenvalue weighted by atomic mass is 32.2. The molecule has 1 atom stereocenters. The highest BCUT2D eigenvalue weighted by Crippen LogP contribution is 2.18. The van der Waals surface area contributed by atoms with Gasteiger partial charge >= 0.3 is 5.97 Å². The highest BCUT2D eigenvalue weighted by Gasteiger charge is 2.28. The van der Waals surface area contributed by atoms with Crippen LogP contribution < -0.4 is 10.6 Å². The van der Waals surface area contributed by atoms with Gasteiger partial charge < -0.3 is 15.7 Å². The molecule has 0 aromatic heterocycles. The summed E-state index contributed by atoms with van der Waals surface area (Å²) in [4.78, 5) is 33.7. The molecular formula is C12H12N2O4S. The number of hydrogen-bond acceptors (Lipinski definition) is 4. The van der Waals surface area contributed by atoms with Crippen LogP contribution in [-0.4, -0.2) is 34.0 Å². The zero-order chi connectivity index (χ0) is 13.8. The lowest BCUT2D eigenvalue weighted by atomic mass is 10.1. The molecule has 2 amide bonds. The molecule has 2 rings (SSSR count). The van der Waals surface area contributed by atoms with E-state index in [0.29, 0.717) is 17.0 Å². The molecule has 100 valence electrons. The summed E-state index contributed by atoms with van der Waals surface area (Å²) in [5.41, 5.74) is 0.987. The number of thioether (sulfide) groups is 1. The van der Waals surface area contributed by atoms with Crippen molar-refractivity contribution in [3.63, 3.8) is 0 Å². The Bertz CT molecular complexity index is 532. The minimum Gasteiger partial charge on any atom is -0.481 e. The van der Waals surface area contributed by atoms with Gasteiger partial charge in [-0.2, -0.15) is 0 Å². The van der Waals surface area contributed by atoms with Crippen molar-refractivity contribution in [3.05, 3.63) is 29.8 Å². The Labute approximate surface area is 113 Å². The molecule has 0 spiro atoms. The van der Waals surface area contributed by atoms with Crippen molar-refractivity contribution in [3.8, 4) is 0 Å². The molecule has 1 aromatic rings. The maximum Gasteiger partial charge on any atom is 0.307 e. The molecule has 1 aliphatic rings. The molecule has 0 saturated carbocycles. The van der Waals surface area contributed by atoms with E-state index in [1.807, 2.05) is 0 Å². The molecule has 1 aromatic carbocycles. The van der Waals surface area contributed by atoms with Crippen LogP contribution in [0.15, 0.2) is 24.3 Å². The third-order valence-corrected chi connectivity index (χ3v) is 3.49. The molecule has 3 N–H and O–H groups in total. The lowest BCUT2D eigenvalue weighted by molar-refractivity contribution is -0.136. The molecule has 1 saturated heterocycles. The molecule has 1 unspecified atom stereocenters. The molecule has 0 bridgehead atoms. The Hall–Kier alpha value is -2.02. The minimum atomic E-state index is -0.966. The van der Waals surface area contributed by atoms with Crippen molar-refractivity contribution in [2.75, 3.05) is 11.1 Å². The Morgan fingerprint density at radius 1 is 1.42 bits per heavy atom. The Balaban J connectivity index is 2.08. The number of nitrogens with one attached hydrogen (secondary N) is 2. The predicted octanol–water partition coefficient (Wildman–Crippen LogP) is 1.08. The predicted molar refractivity (Wildman–Crippen MR) is 71.2 cm³/mol. The third-order valence-electron chi connectivity index (χ3n) is 2.61. The lowest BCUT2D eigenvalue weighted by Gasteiger charge is -2.13. The first-order valence-electron chi connectivity index (χ1n) is 5.60. The zero-order valence-electron chi connectivity index (χ0n) is 9.88. The highest BCUT2D eigenvalue weighted by molar-refractivity contribution is 8.14. The van der Waals surface area contributed by atoms with Crippen LogP contribution in [-0.2, 0) is 16.0 Å². The van der Waals surface area contributed by atoms with E-state index < -0.39 is 12.0 Å². The first-order chi connectivity index (χ1) is 9.06. The molecule has 0 radical (unpaired) electrons. The van der Waals surface area contributed by atoms with E-state index in [2.05, 4.69) is 10.6 Å². The first kappa shape index (κ1) is 13.4. The number of rotatable bonds is 4. The number of carbonyl (C=O) groups is 3. The second-order valence-electron chi connectivity index (χ2n) is 4.01. The largest absolute Gasteiger partial charge is 0.481 e. The summed E-state index contributed by atoms with van der Waals surface area (Å²) in [7, 11) is 0. The second kappa shape index (κ2) is 5.75. The van der Waals surface area contributed by atoms with Gasteiger partial charge in [-0.3, -0.25) is 14.4 Å². The van der Waals surface area contributed by atoms with Crippen molar-refractivity contribution in [2.45, 2.75) is 12.5 Å². The third kappa shape index (κ3) is 3.47. The molecule has 7 heteroatoms. The minimum absolute atomic E-state index is 0.164. The van der Waals surface area contributed by atoms with Crippen LogP contribution in [0.2, 0.25) is 0 Å². The fourth-order valence-corrected chi connectivity index (χ4v) is 2.48. The van der Waals surface area contributed by atoms with Crippen LogP contribution in [0.5, 0.6) is 0 Å². The van der Waals surface area contributed by atoms with Crippen LogP contribution in [0.1, 0.15) is 5.56 Å². The summed E-state index contributed by atoms with van der Waals surface area (Å²) in [5, 5.41) is 13.8. The van der Waals surface area contributed by atoms with E-state index in [0.717, 1.165) is 11.8 Å². The Kier molecular flexibility index (Phi) is 4.06. The maximum absolute atomic E-state index is 11.9. The van der Waals surface area contributed by atoms with Gasteiger partial charge in [0, 0.05) is 11.4 Å². The summed E-state index contributed by atoms with van der Waals surface area (Å²) >= 11 is 1.05. The van der Waals surface area contributed by atoms with E-state index in [9.17, 15) is 14.4 Å². The van der Waals surface area contributed by atoms with Crippen molar-refractivity contribution in [1.29, 1.82) is 0 Å². The van der Waals surface area contributed by atoms with Gasteiger partial charge in [-0.1, -0.05) is 30.0 Å². The SMILES string of the molecule is O=C(O)Cc1ccccc1NC(=O)C1CSC(=O)N1. The van der Waals surface area contributed by atoms with E-state index in [1.165, 1.54) is 0 Å². The number of carboxylic acids is 1.